The first-order valence-electron chi connectivity index (χ1n) is 20.5. The molecule has 0 bridgehead atoms. The van der Waals surface area contributed by atoms with Crippen LogP contribution in [-0.2, 0) is 35.2 Å². The second-order valence-electron chi connectivity index (χ2n) is 13.9. The number of halogens is 9. The number of aryl methyl sites for hydroxylation is 2. The number of carbonyl (C=O) groups excluding carboxylic acids is 1. The van der Waals surface area contributed by atoms with Gasteiger partial charge in [0.05, 0.1) is 18.4 Å². The Morgan fingerprint density at radius 3 is 1.41 bits per heavy atom. The number of aromatic nitrogens is 2. The molecule has 6 aromatic rings. The molecule has 0 spiro atoms. The molecule has 0 aliphatic carbocycles. The molecule has 68 heavy (non-hydrogen) atoms. The zero-order valence-electron chi connectivity index (χ0n) is 35.9. The highest BCUT2D eigenvalue weighted by atomic mass is 35.5. The normalized spacial score (nSPS) is 11.5. The van der Waals surface area contributed by atoms with E-state index < -0.39 is 54.8 Å². The van der Waals surface area contributed by atoms with E-state index >= 15 is 0 Å². The Balaban J connectivity index is 0.000000368. The monoisotopic (exact) mass is 978 g/mol. The molecule has 0 aliphatic heterocycles. The van der Waals surface area contributed by atoms with Crippen LogP contribution in [0.15, 0.2) is 134 Å². The molecule has 6 rings (SSSR count). The highest BCUT2D eigenvalue weighted by molar-refractivity contribution is 6.22. The molecule has 368 valence electrons. The summed E-state index contributed by atoms with van der Waals surface area (Å²) < 4.78 is 122. The Labute approximate surface area is 397 Å². The number of nitrogens with zero attached hydrogens (tertiary/aromatic N) is 2. The van der Waals surface area contributed by atoms with Gasteiger partial charge < -0.3 is 23.7 Å². The van der Waals surface area contributed by atoms with Crippen molar-refractivity contribution >= 4 is 17.6 Å². The first kappa shape index (κ1) is 57.7. The van der Waals surface area contributed by atoms with Crippen molar-refractivity contribution in [2.24, 2.45) is 0 Å². The molecule has 2 heterocycles. The molecular formula is C51H55ClF8N2O6. The molecule has 8 nitrogen and oxygen atoms in total. The van der Waals surface area contributed by atoms with Gasteiger partial charge in [-0.1, -0.05) is 101 Å². The number of ether oxygens (including phenoxy) is 5. The van der Waals surface area contributed by atoms with E-state index in [1.165, 1.54) is 18.2 Å². The van der Waals surface area contributed by atoms with Gasteiger partial charge in [0.15, 0.2) is 23.0 Å². The van der Waals surface area contributed by atoms with Gasteiger partial charge in [-0.3, -0.25) is 14.8 Å². The van der Waals surface area contributed by atoms with Crippen molar-refractivity contribution in [2.75, 3.05) is 6.61 Å². The number of hydrogen-bond donors (Lipinski definition) is 0. The molecule has 0 saturated heterocycles. The van der Waals surface area contributed by atoms with Gasteiger partial charge in [-0.15, -0.1) is 11.6 Å². The van der Waals surface area contributed by atoms with Crippen LogP contribution in [0.25, 0.3) is 0 Å². The predicted molar refractivity (Wildman–Crippen MR) is 247 cm³/mol. The minimum atomic E-state index is -3.17. The van der Waals surface area contributed by atoms with Crippen LogP contribution in [0.4, 0.5) is 35.1 Å². The van der Waals surface area contributed by atoms with Gasteiger partial charge in [-0.25, -0.2) is 0 Å². The molecule has 2 atom stereocenters. The fraction of sp³-hybridized carbons (Fsp3) is 0.314. The van der Waals surface area contributed by atoms with Crippen LogP contribution in [0.2, 0.25) is 0 Å². The van der Waals surface area contributed by atoms with Gasteiger partial charge in [0.2, 0.25) is 0 Å². The molecule has 2 aromatic heterocycles. The minimum Gasteiger partial charge on any atom is -0.466 e. The average Bonchev–Trinajstić information content (AvgIpc) is 3.29. The zero-order valence-corrected chi connectivity index (χ0v) is 36.7. The van der Waals surface area contributed by atoms with Crippen LogP contribution < -0.4 is 18.9 Å². The number of esters is 1. The summed E-state index contributed by atoms with van der Waals surface area (Å²) in [5.41, 5.74) is 6.70. The number of hydrogen-bond acceptors (Lipinski definition) is 8. The van der Waals surface area contributed by atoms with Crippen molar-refractivity contribution in [2.45, 2.75) is 99.0 Å². The number of pyridine rings is 2. The third kappa shape index (κ3) is 19.4. The Bertz CT molecular complexity index is 2370. The van der Waals surface area contributed by atoms with Crippen LogP contribution in [-0.4, -0.2) is 49.0 Å². The lowest BCUT2D eigenvalue weighted by atomic mass is 9.86. The van der Waals surface area contributed by atoms with Crippen LogP contribution in [0, 0.1) is 0 Å². The van der Waals surface area contributed by atoms with Gasteiger partial charge in [0, 0.05) is 29.7 Å². The molecule has 0 radical (unpaired) electrons. The van der Waals surface area contributed by atoms with Gasteiger partial charge >= 0.3 is 32.4 Å². The predicted octanol–water partition coefficient (Wildman–Crippen LogP) is 14.5. The van der Waals surface area contributed by atoms with Crippen LogP contribution in [0.5, 0.6) is 23.0 Å². The number of rotatable bonds is 19. The second kappa shape index (κ2) is 30.1. The van der Waals surface area contributed by atoms with Gasteiger partial charge in [0.25, 0.3) is 0 Å². The van der Waals surface area contributed by atoms with Crippen molar-refractivity contribution in [1.82, 2.24) is 9.97 Å². The van der Waals surface area contributed by atoms with E-state index in [0.29, 0.717) is 30.6 Å². The van der Waals surface area contributed by atoms with E-state index in [4.69, 9.17) is 16.3 Å². The van der Waals surface area contributed by atoms with Crippen molar-refractivity contribution in [3.8, 4) is 23.0 Å². The molecule has 17 heteroatoms. The number of benzene rings is 4. The summed E-state index contributed by atoms with van der Waals surface area (Å²) in [4.78, 5) is 19.6. The summed E-state index contributed by atoms with van der Waals surface area (Å²) in [6.45, 7) is -6.33. The zero-order chi connectivity index (χ0) is 48.0. The van der Waals surface area contributed by atoms with Crippen LogP contribution in [0.3, 0.4) is 0 Å². The summed E-state index contributed by atoms with van der Waals surface area (Å²) in [7, 11) is 0. The third-order valence-electron chi connectivity index (χ3n) is 9.37. The van der Waals surface area contributed by atoms with Crippen molar-refractivity contribution in [1.29, 1.82) is 0 Å². The molecule has 0 aliphatic rings. The van der Waals surface area contributed by atoms with E-state index in [0.717, 1.165) is 58.6 Å². The Hall–Kier alpha value is -6.42. The van der Waals surface area contributed by atoms with Gasteiger partial charge in [-0.2, -0.15) is 35.1 Å². The summed E-state index contributed by atoms with van der Waals surface area (Å²) >= 11 is 6.27. The molecule has 0 N–H and O–H groups in total. The highest BCUT2D eigenvalue weighted by Crippen LogP contribution is 2.38. The number of carbonyl (C=O) groups is 1. The minimum absolute atomic E-state index is 0. The lowest BCUT2D eigenvalue weighted by molar-refractivity contribution is -0.142. The maximum absolute atomic E-state index is 12.9. The molecular weight excluding hydrogens is 924 g/mol. The topological polar surface area (TPSA) is 89.0 Å². The molecule has 4 aromatic carbocycles. The summed E-state index contributed by atoms with van der Waals surface area (Å²) in [5.74, 6) is -2.21. The lowest BCUT2D eigenvalue weighted by Crippen LogP contribution is -2.10. The fourth-order valence-electron chi connectivity index (χ4n) is 6.41. The van der Waals surface area contributed by atoms with Gasteiger partial charge in [-0.05, 0) is 108 Å². The lowest BCUT2D eigenvalue weighted by Gasteiger charge is -2.21. The smallest absolute Gasteiger partial charge is 0.387 e. The highest BCUT2D eigenvalue weighted by Gasteiger charge is 2.22. The van der Waals surface area contributed by atoms with E-state index in [1.807, 2.05) is 75.4 Å². The molecule has 0 fully saturated rings. The van der Waals surface area contributed by atoms with E-state index in [2.05, 4.69) is 28.9 Å². The SMILES string of the molecule is C.C.CCOC(=O)Cc1ccnc(CC)c1.CCc1cc(C[C@H](c2ccccc2)c2ccc(OC(F)F)c(OC(F)F)c2)ccn1.FC(F)Oc1ccc(C(Cl)c2ccccc2)cc1OC(F)F. The van der Waals surface area contributed by atoms with Gasteiger partial charge in [0.1, 0.15) is 0 Å². The summed E-state index contributed by atoms with van der Waals surface area (Å²) in [6, 6.07) is 33.9. The van der Waals surface area contributed by atoms with Crippen molar-refractivity contribution < 1.29 is 63.6 Å². The van der Waals surface area contributed by atoms with Crippen molar-refractivity contribution in [3.05, 3.63) is 178 Å². The summed E-state index contributed by atoms with van der Waals surface area (Å²) in [6.07, 6.45) is 6.05. The van der Waals surface area contributed by atoms with Crippen LogP contribution >= 0.6 is 11.6 Å². The average molecular weight is 979 g/mol. The van der Waals surface area contributed by atoms with Crippen molar-refractivity contribution in [3.63, 3.8) is 0 Å². The molecule has 0 amide bonds. The standard InChI is InChI=1S/C23H21F4NO2.C15H11ClF4O2.C11H15NO2.2CH4/c1-2-18-12-15(10-11-28-18)13-19(16-6-4-3-5-7-16)17-8-9-20(29-22(24)25)21(14-17)30-23(26)27;16-13(9-4-2-1-3-5-9)10-6-7-11(21-14(17)18)12(8-10)22-15(19)20;1-3-10-7-9(5-6-12-10)8-11(13)14-4-2;;/h3-12,14,19,22-23H,2,13H2,1H3;1-8,13-15H;5-7H,3-4,8H2,1-2H3;2*1H4/t19-;;;;/m1..../s1. The first-order valence-corrected chi connectivity index (χ1v) is 21.0. The van der Waals surface area contributed by atoms with E-state index in [9.17, 15) is 39.9 Å². The summed E-state index contributed by atoms with van der Waals surface area (Å²) in [5, 5.41) is -0.637. The first-order chi connectivity index (χ1) is 31.7. The van der Waals surface area contributed by atoms with E-state index in [1.54, 1.807) is 48.8 Å². The van der Waals surface area contributed by atoms with Crippen LogP contribution in [0.1, 0.15) is 91.7 Å². The molecule has 0 saturated carbocycles. The maximum atomic E-state index is 12.9. The Morgan fingerprint density at radius 1 is 0.515 bits per heavy atom. The van der Waals surface area contributed by atoms with E-state index in [-0.39, 0.29) is 26.7 Å². The largest absolute Gasteiger partial charge is 0.466 e. The fourth-order valence-corrected chi connectivity index (χ4v) is 6.69. The quantitative estimate of drug-likeness (QED) is 0.0450. The number of alkyl halides is 9. The second-order valence-corrected chi connectivity index (χ2v) is 14.3. The third-order valence-corrected chi connectivity index (χ3v) is 9.87. The molecule has 1 unspecified atom stereocenters. The Kier molecular flexibility index (Phi) is 25.5. The Morgan fingerprint density at radius 2 is 0.941 bits per heavy atom. The maximum Gasteiger partial charge on any atom is 0.387 e.